The lowest BCUT2D eigenvalue weighted by Gasteiger charge is -2.10. The minimum absolute atomic E-state index is 0.179. The van der Waals surface area contributed by atoms with Crippen LogP contribution in [0, 0.1) is 6.92 Å². The van der Waals surface area contributed by atoms with Crippen LogP contribution in [0.4, 0.5) is 18.9 Å². The van der Waals surface area contributed by atoms with Crippen LogP contribution >= 0.6 is 0 Å². The molecule has 0 radical (unpaired) electrons. The molecule has 0 bridgehead atoms. The van der Waals surface area contributed by atoms with Gasteiger partial charge in [-0.3, -0.25) is 4.79 Å². The number of amides is 1. The molecule has 0 spiro atoms. The lowest BCUT2D eigenvalue weighted by atomic mass is 10.1. The summed E-state index contributed by atoms with van der Waals surface area (Å²) in [7, 11) is 0. The van der Waals surface area contributed by atoms with Gasteiger partial charge in [0.1, 0.15) is 5.75 Å². The Kier molecular flexibility index (Phi) is 6.74. The monoisotopic (exact) mass is 414 g/mol. The summed E-state index contributed by atoms with van der Waals surface area (Å²) in [5.74, 6) is -0.426. The van der Waals surface area contributed by atoms with Gasteiger partial charge in [-0.2, -0.15) is 0 Å². The van der Waals surface area contributed by atoms with E-state index in [1.165, 1.54) is 12.1 Å². The number of carbonyl (C=O) groups excluding carboxylic acids is 1. The highest BCUT2D eigenvalue weighted by Gasteiger charge is 2.30. The fourth-order valence-corrected chi connectivity index (χ4v) is 2.83. The van der Waals surface area contributed by atoms with Gasteiger partial charge in [-0.15, -0.1) is 13.2 Å². The molecule has 7 heteroatoms. The Morgan fingerprint density at radius 2 is 1.57 bits per heavy atom. The highest BCUT2D eigenvalue weighted by molar-refractivity contribution is 6.04. The average Bonchev–Trinajstić information content (AvgIpc) is 2.69. The molecule has 0 aliphatic heterocycles. The summed E-state index contributed by atoms with van der Waals surface area (Å²) in [6.07, 6.45) is -4.69. The molecule has 0 aliphatic rings. The summed E-state index contributed by atoms with van der Waals surface area (Å²) in [6.45, 7) is 2.98. The van der Waals surface area contributed by atoms with E-state index in [9.17, 15) is 18.0 Å². The molecule has 0 aromatic heterocycles. The van der Waals surface area contributed by atoms with E-state index >= 15 is 0 Å². The third kappa shape index (κ3) is 6.63. The van der Waals surface area contributed by atoms with E-state index in [2.05, 4.69) is 15.4 Å². The van der Waals surface area contributed by atoms with Crippen LogP contribution in [0.5, 0.6) is 5.75 Å². The lowest BCUT2D eigenvalue weighted by molar-refractivity contribution is -0.274. The van der Waals surface area contributed by atoms with Crippen LogP contribution in [-0.2, 0) is 13.1 Å². The molecule has 30 heavy (non-hydrogen) atoms. The van der Waals surface area contributed by atoms with Gasteiger partial charge in [-0.25, -0.2) is 0 Å². The van der Waals surface area contributed by atoms with Gasteiger partial charge in [-0.05, 0) is 54.4 Å². The number of ether oxygens (including phenoxy) is 1. The number of nitrogens with one attached hydrogen (secondary N) is 2. The Hall–Kier alpha value is -3.32. The van der Waals surface area contributed by atoms with Crippen LogP contribution in [0.15, 0.2) is 72.8 Å². The van der Waals surface area contributed by atoms with Crippen molar-refractivity contribution in [3.05, 3.63) is 95.1 Å². The molecule has 3 rings (SSSR count). The summed E-state index contributed by atoms with van der Waals surface area (Å²) >= 11 is 0. The number of aryl methyl sites for hydroxylation is 1. The second-order valence-corrected chi connectivity index (χ2v) is 6.82. The predicted molar refractivity (Wildman–Crippen MR) is 109 cm³/mol. The van der Waals surface area contributed by atoms with Gasteiger partial charge in [0.15, 0.2) is 0 Å². The molecule has 156 valence electrons. The molecular weight excluding hydrogens is 393 g/mol. The van der Waals surface area contributed by atoms with Gasteiger partial charge < -0.3 is 15.4 Å². The third-order valence-electron chi connectivity index (χ3n) is 4.31. The van der Waals surface area contributed by atoms with Crippen molar-refractivity contribution in [2.24, 2.45) is 0 Å². The molecule has 0 aliphatic carbocycles. The maximum absolute atomic E-state index is 12.3. The van der Waals surface area contributed by atoms with E-state index in [0.717, 1.165) is 16.7 Å². The third-order valence-corrected chi connectivity index (χ3v) is 4.31. The smallest absolute Gasteiger partial charge is 0.406 e. The van der Waals surface area contributed by atoms with Crippen LogP contribution in [0.2, 0.25) is 0 Å². The topological polar surface area (TPSA) is 50.4 Å². The largest absolute Gasteiger partial charge is 0.573 e. The van der Waals surface area contributed by atoms with Gasteiger partial charge in [0.2, 0.25) is 0 Å². The first kappa shape index (κ1) is 21.4. The predicted octanol–water partition coefficient (Wildman–Crippen LogP) is 5.44. The molecule has 1 amide bonds. The fraction of sp³-hybridized carbons (Fsp3) is 0.174. The molecule has 0 heterocycles. The Morgan fingerprint density at radius 3 is 2.23 bits per heavy atom. The quantitative estimate of drug-likeness (QED) is 0.542. The van der Waals surface area contributed by atoms with E-state index in [1.807, 2.05) is 43.3 Å². The number of carbonyl (C=O) groups is 1. The molecule has 0 saturated carbocycles. The first-order valence-corrected chi connectivity index (χ1v) is 9.31. The molecule has 3 aromatic carbocycles. The zero-order valence-electron chi connectivity index (χ0n) is 16.3. The van der Waals surface area contributed by atoms with Gasteiger partial charge in [-0.1, -0.05) is 42.0 Å². The normalized spacial score (nSPS) is 11.2. The lowest BCUT2D eigenvalue weighted by Crippen LogP contribution is -2.17. The van der Waals surface area contributed by atoms with Crippen LogP contribution < -0.4 is 15.4 Å². The number of benzene rings is 3. The maximum atomic E-state index is 12.3. The minimum Gasteiger partial charge on any atom is -0.406 e. The Balaban J connectivity index is 1.51. The number of rotatable bonds is 7. The minimum atomic E-state index is -4.69. The second kappa shape index (κ2) is 9.45. The highest BCUT2D eigenvalue weighted by Crippen LogP contribution is 2.22. The highest BCUT2D eigenvalue weighted by atomic mass is 19.4. The Morgan fingerprint density at radius 1 is 0.900 bits per heavy atom. The van der Waals surface area contributed by atoms with Crippen molar-refractivity contribution in [2.45, 2.75) is 26.4 Å². The van der Waals surface area contributed by atoms with Crippen molar-refractivity contribution in [3.63, 3.8) is 0 Å². The van der Waals surface area contributed by atoms with Gasteiger partial charge >= 0.3 is 6.36 Å². The number of halogens is 3. The summed E-state index contributed by atoms with van der Waals surface area (Å²) in [5, 5.41) is 6.11. The average molecular weight is 414 g/mol. The SMILES string of the molecule is Cc1ccc(C(=O)Nc2cccc(CNCc3ccc(OC(F)(F)F)cc3)c2)cc1. The molecule has 4 nitrogen and oxygen atoms in total. The number of hydrogen-bond donors (Lipinski definition) is 2. The van der Waals surface area contributed by atoms with E-state index in [0.29, 0.717) is 24.3 Å². The second-order valence-electron chi connectivity index (χ2n) is 6.82. The van der Waals surface area contributed by atoms with Crippen LogP contribution in [0.25, 0.3) is 0 Å². The number of alkyl halides is 3. The molecular formula is C23H21F3N2O2. The van der Waals surface area contributed by atoms with Crippen molar-refractivity contribution in [2.75, 3.05) is 5.32 Å². The van der Waals surface area contributed by atoms with Crippen molar-refractivity contribution < 1.29 is 22.7 Å². The van der Waals surface area contributed by atoms with Crippen LogP contribution in [0.1, 0.15) is 27.0 Å². The molecule has 0 unspecified atom stereocenters. The van der Waals surface area contributed by atoms with Gasteiger partial charge in [0, 0.05) is 24.3 Å². The van der Waals surface area contributed by atoms with E-state index < -0.39 is 6.36 Å². The van der Waals surface area contributed by atoms with Crippen molar-refractivity contribution in [1.29, 1.82) is 0 Å². The standard InChI is InChI=1S/C23H21F3N2O2/c1-16-5-9-19(10-6-16)22(29)28-20-4-2-3-18(13-20)15-27-14-17-7-11-21(12-8-17)30-23(24,25)26/h2-13,27H,14-15H2,1H3,(H,28,29). The van der Waals surface area contributed by atoms with E-state index in [4.69, 9.17) is 0 Å². The van der Waals surface area contributed by atoms with E-state index in [1.54, 1.807) is 24.3 Å². The van der Waals surface area contributed by atoms with Crippen LogP contribution in [-0.4, -0.2) is 12.3 Å². The number of anilines is 1. The molecule has 0 atom stereocenters. The summed E-state index contributed by atoms with van der Waals surface area (Å²) in [5.41, 5.74) is 4.15. The molecule has 0 saturated heterocycles. The van der Waals surface area contributed by atoms with Crippen molar-refractivity contribution >= 4 is 11.6 Å². The molecule has 3 aromatic rings. The van der Waals surface area contributed by atoms with Gasteiger partial charge in [0.25, 0.3) is 5.91 Å². The first-order chi connectivity index (χ1) is 14.3. The summed E-state index contributed by atoms with van der Waals surface area (Å²) < 4.78 is 40.4. The zero-order valence-corrected chi connectivity index (χ0v) is 16.3. The summed E-state index contributed by atoms with van der Waals surface area (Å²) in [6, 6.07) is 20.5. The number of hydrogen-bond acceptors (Lipinski definition) is 3. The van der Waals surface area contributed by atoms with Crippen LogP contribution in [0.3, 0.4) is 0 Å². The Labute approximate surface area is 172 Å². The Bertz CT molecular complexity index is 985. The van der Waals surface area contributed by atoms with E-state index in [-0.39, 0.29) is 11.7 Å². The maximum Gasteiger partial charge on any atom is 0.573 e. The van der Waals surface area contributed by atoms with Crippen molar-refractivity contribution in [3.8, 4) is 5.75 Å². The first-order valence-electron chi connectivity index (χ1n) is 9.31. The molecule has 2 N–H and O–H groups in total. The summed E-state index contributed by atoms with van der Waals surface area (Å²) in [4.78, 5) is 12.3. The molecule has 0 fully saturated rings. The van der Waals surface area contributed by atoms with Crippen molar-refractivity contribution in [1.82, 2.24) is 5.32 Å². The van der Waals surface area contributed by atoms with Gasteiger partial charge in [0.05, 0.1) is 0 Å². The fourth-order valence-electron chi connectivity index (χ4n) is 2.83. The zero-order chi connectivity index (χ0) is 21.6.